The first-order valence-electron chi connectivity index (χ1n) is 36.6. The highest BCUT2D eigenvalue weighted by molar-refractivity contribution is 5.76. The molecule has 0 aliphatic heterocycles. The van der Waals surface area contributed by atoms with Crippen LogP contribution in [0.15, 0.2) is 24.3 Å². The lowest BCUT2D eigenvalue weighted by molar-refractivity contribution is -0.143. The fraction of sp³-hybridized carbons (Fsp3) is 0.919. The Bertz CT molecular complexity index is 1250. The molecule has 80 heavy (non-hydrogen) atoms. The number of rotatable bonds is 69. The number of aliphatic hydroxyl groups excluding tert-OH is 2. The number of ether oxygens (including phenoxy) is 1. The lowest BCUT2D eigenvalue weighted by atomic mass is 10.0. The van der Waals surface area contributed by atoms with Crippen molar-refractivity contribution in [2.24, 2.45) is 0 Å². The maximum Gasteiger partial charge on any atom is 0.305 e. The molecule has 1 amide bonds. The fourth-order valence-electron chi connectivity index (χ4n) is 11.7. The van der Waals surface area contributed by atoms with Crippen molar-refractivity contribution in [1.82, 2.24) is 5.32 Å². The Morgan fingerprint density at radius 2 is 0.625 bits per heavy atom. The van der Waals surface area contributed by atoms with Gasteiger partial charge in [0, 0.05) is 12.8 Å². The highest BCUT2D eigenvalue weighted by atomic mass is 16.5. The molecule has 0 aromatic heterocycles. The Balaban J connectivity index is 3.32. The van der Waals surface area contributed by atoms with E-state index in [-0.39, 0.29) is 18.5 Å². The number of aliphatic hydroxyl groups is 2. The summed E-state index contributed by atoms with van der Waals surface area (Å²) in [5.41, 5.74) is 0. The van der Waals surface area contributed by atoms with Crippen molar-refractivity contribution in [3.05, 3.63) is 24.3 Å². The minimum Gasteiger partial charge on any atom is -0.466 e. The molecule has 0 radical (unpaired) electrons. The Morgan fingerprint density at radius 3 is 0.975 bits per heavy atom. The predicted molar refractivity (Wildman–Crippen MR) is 352 cm³/mol. The van der Waals surface area contributed by atoms with Gasteiger partial charge in [0.1, 0.15) is 0 Å². The first kappa shape index (κ1) is 78.3. The summed E-state index contributed by atoms with van der Waals surface area (Å²) in [5.74, 6) is -0.0196. The van der Waals surface area contributed by atoms with E-state index in [1.54, 1.807) is 0 Å². The van der Waals surface area contributed by atoms with Gasteiger partial charge in [0.15, 0.2) is 0 Å². The summed E-state index contributed by atoms with van der Waals surface area (Å²) >= 11 is 0. The van der Waals surface area contributed by atoms with E-state index < -0.39 is 12.1 Å². The molecule has 0 aliphatic rings. The van der Waals surface area contributed by atoms with E-state index in [1.165, 1.54) is 327 Å². The van der Waals surface area contributed by atoms with Gasteiger partial charge < -0.3 is 20.3 Å². The summed E-state index contributed by atoms with van der Waals surface area (Å²) in [5, 5.41) is 23.4. The third-order valence-corrected chi connectivity index (χ3v) is 17.3. The van der Waals surface area contributed by atoms with Gasteiger partial charge in [-0.05, 0) is 57.8 Å². The Morgan fingerprint density at radius 1 is 0.350 bits per heavy atom. The lowest BCUT2D eigenvalue weighted by Crippen LogP contribution is -2.45. The maximum atomic E-state index is 12.5. The minimum absolute atomic E-state index is 0.00732. The third-order valence-electron chi connectivity index (χ3n) is 17.3. The Hall–Kier alpha value is -1.66. The summed E-state index contributed by atoms with van der Waals surface area (Å²) in [6.45, 7) is 4.96. The number of carbonyl (C=O) groups is 2. The average molecular weight is 1130 g/mol. The van der Waals surface area contributed by atoms with E-state index in [0.717, 1.165) is 51.4 Å². The van der Waals surface area contributed by atoms with Gasteiger partial charge in [0.25, 0.3) is 0 Å². The second kappa shape index (κ2) is 69.8. The first-order chi connectivity index (χ1) is 39.5. The topological polar surface area (TPSA) is 95.9 Å². The van der Waals surface area contributed by atoms with Crippen LogP contribution in [0.2, 0.25) is 0 Å². The zero-order valence-corrected chi connectivity index (χ0v) is 54.3. The van der Waals surface area contributed by atoms with Gasteiger partial charge in [-0.25, -0.2) is 0 Å². The van der Waals surface area contributed by atoms with E-state index in [1.807, 2.05) is 0 Å². The Kier molecular flexibility index (Phi) is 68.4. The third kappa shape index (κ3) is 65.5. The van der Waals surface area contributed by atoms with Crippen LogP contribution in [0.1, 0.15) is 412 Å². The van der Waals surface area contributed by atoms with Crippen molar-refractivity contribution in [3.63, 3.8) is 0 Å². The molecule has 0 bridgehead atoms. The van der Waals surface area contributed by atoms with E-state index >= 15 is 0 Å². The van der Waals surface area contributed by atoms with Crippen LogP contribution >= 0.6 is 0 Å². The highest BCUT2D eigenvalue weighted by Gasteiger charge is 2.20. The molecule has 0 aromatic carbocycles. The second-order valence-corrected chi connectivity index (χ2v) is 25.3. The van der Waals surface area contributed by atoms with Crippen molar-refractivity contribution in [2.75, 3.05) is 13.2 Å². The van der Waals surface area contributed by atoms with E-state index in [2.05, 4.69) is 43.5 Å². The molecule has 0 fully saturated rings. The quantitative estimate of drug-likeness (QED) is 0.0320. The molecule has 3 N–H and O–H groups in total. The molecule has 0 rings (SSSR count). The molecular formula is C74H143NO5. The average Bonchev–Trinajstić information content (AvgIpc) is 3.46. The number of hydrogen-bond donors (Lipinski definition) is 3. The fourth-order valence-corrected chi connectivity index (χ4v) is 11.7. The molecule has 6 heteroatoms. The normalized spacial score (nSPS) is 12.6. The van der Waals surface area contributed by atoms with Crippen molar-refractivity contribution >= 4 is 11.9 Å². The van der Waals surface area contributed by atoms with Crippen molar-refractivity contribution in [1.29, 1.82) is 0 Å². The Labute approximate surface area is 501 Å². The summed E-state index contributed by atoms with van der Waals surface area (Å²) < 4.78 is 5.49. The SMILES string of the molecule is CCCCC/C=C\C/C=C\CCCCCCCC(=O)OCCCCCCCCCCCCCCCCCCCCCCCCCCCCCCCCCC(=O)NC(CO)C(O)CCCCCCCCCCCCCCCCCCC. The summed E-state index contributed by atoms with van der Waals surface area (Å²) in [4.78, 5) is 24.6. The monoisotopic (exact) mass is 1130 g/mol. The van der Waals surface area contributed by atoms with Crippen LogP contribution < -0.4 is 5.32 Å². The van der Waals surface area contributed by atoms with Crippen molar-refractivity contribution < 1.29 is 24.5 Å². The molecule has 6 nitrogen and oxygen atoms in total. The van der Waals surface area contributed by atoms with Gasteiger partial charge >= 0.3 is 5.97 Å². The largest absolute Gasteiger partial charge is 0.466 e. The number of unbranched alkanes of at least 4 members (excludes halogenated alkanes) is 54. The predicted octanol–water partition coefficient (Wildman–Crippen LogP) is 23.7. The number of carbonyl (C=O) groups excluding carboxylic acids is 2. The smallest absolute Gasteiger partial charge is 0.305 e. The zero-order chi connectivity index (χ0) is 57.8. The molecule has 0 heterocycles. The number of esters is 1. The van der Waals surface area contributed by atoms with E-state index in [4.69, 9.17) is 4.74 Å². The molecule has 0 spiro atoms. The van der Waals surface area contributed by atoms with Gasteiger partial charge in [-0.1, -0.05) is 366 Å². The number of nitrogens with one attached hydrogen (secondary N) is 1. The molecule has 0 aliphatic carbocycles. The van der Waals surface area contributed by atoms with Crippen LogP contribution in [0, 0.1) is 0 Å². The highest BCUT2D eigenvalue weighted by Crippen LogP contribution is 2.19. The number of hydrogen-bond acceptors (Lipinski definition) is 5. The molecule has 2 unspecified atom stereocenters. The van der Waals surface area contributed by atoms with Crippen LogP contribution in [0.3, 0.4) is 0 Å². The van der Waals surface area contributed by atoms with Gasteiger partial charge in [0.2, 0.25) is 5.91 Å². The van der Waals surface area contributed by atoms with Crippen LogP contribution in [0.25, 0.3) is 0 Å². The minimum atomic E-state index is -0.661. The van der Waals surface area contributed by atoms with Gasteiger partial charge in [-0.2, -0.15) is 0 Å². The number of allylic oxidation sites excluding steroid dienone is 4. The summed E-state index contributed by atoms with van der Waals surface area (Å²) in [6, 6.07) is -0.538. The van der Waals surface area contributed by atoms with E-state index in [9.17, 15) is 19.8 Å². The molecule has 0 saturated heterocycles. The second-order valence-electron chi connectivity index (χ2n) is 25.3. The van der Waals surface area contributed by atoms with E-state index in [0.29, 0.717) is 25.9 Å². The standard InChI is InChI=1S/C74H143NO5/c1-3-5-7-9-11-13-15-17-19-35-39-42-46-50-54-58-62-66-72(77)71(70-76)75-73(78)67-63-59-55-51-47-43-40-36-33-31-29-27-25-23-21-20-22-24-26-28-30-32-34-37-41-45-49-53-57-61-65-69-80-74(79)68-64-60-56-52-48-44-38-18-16-14-12-10-8-6-4-2/h12,14,18,38,71-72,76-77H,3-11,13,15-17,19-37,39-70H2,1-2H3,(H,75,78)/b14-12-,38-18-. The van der Waals surface area contributed by atoms with Gasteiger partial charge in [-0.15, -0.1) is 0 Å². The van der Waals surface area contributed by atoms with Crippen LogP contribution in [0.5, 0.6) is 0 Å². The maximum absolute atomic E-state index is 12.5. The zero-order valence-electron chi connectivity index (χ0n) is 54.3. The molecular weight excluding hydrogens is 983 g/mol. The molecule has 0 saturated carbocycles. The summed E-state index contributed by atoms with van der Waals surface area (Å²) in [7, 11) is 0. The molecule has 2 atom stereocenters. The summed E-state index contributed by atoms with van der Waals surface area (Å²) in [6.07, 6.45) is 88.1. The first-order valence-corrected chi connectivity index (χ1v) is 36.6. The number of amides is 1. The molecule has 474 valence electrons. The van der Waals surface area contributed by atoms with Crippen molar-refractivity contribution in [3.8, 4) is 0 Å². The van der Waals surface area contributed by atoms with Crippen LogP contribution in [-0.4, -0.2) is 47.4 Å². The van der Waals surface area contributed by atoms with Crippen LogP contribution in [0.4, 0.5) is 0 Å². The lowest BCUT2D eigenvalue weighted by Gasteiger charge is -2.22. The van der Waals surface area contributed by atoms with Gasteiger partial charge in [0.05, 0.1) is 25.4 Å². The van der Waals surface area contributed by atoms with Crippen molar-refractivity contribution in [2.45, 2.75) is 424 Å². The molecule has 0 aromatic rings. The van der Waals surface area contributed by atoms with Crippen LogP contribution in [-0.2, 0) is 14.3 Å². The van der Waals surface area contributed by atoms with Gasteiger partial charge in [-0.3, -0.25) is 9.59 Å².